The highest BCUT2D eigenvalue weighted by molar-refractivity contribution is 9.10. The topological polar surface area (TPSA) is 84.9 Å². The number of phenols is 1. The van der Waals surface area contributed by atoms with Crippen molar-refractivity contribution in [1.29, 1.82) is 0 Å². The molecule has 0 bridgehead atoms. The minimum atomic E-state index is -0.892. The molecule has 158 valence electrons. The first-order valence-electron chi connectivity index (χ1n) is 10.3. The van der Waals surface area contributed by atoms with E-state index >= 15 is 0 Å². The van der Waals surface area contributed by atoms with E-state index in [1.54, 1.807) is 19.1 Å². The Labute approximate surface area is 183 Å². The van der Waals surface area contributed by atoms with Crippen LogP contribution in [0.5, 0.6) is 17.2 Å². The van der Waals surface area contributed by atoms with Crippen molar-refractivity contribution in [3.8, 4) is 17.2 Å². The fourth-order valence-electron chi connectivity index (χ4n) is 4.33. The van der Waals surface area contributed by atoms with E-state index in [4.69, 9.17) is 9.47 Å². The van der Waals surface area contributed by atoms with Gasteiger partial charge < -0.3 is 19.9 Å². The monoisotopic (exact) mass is 473 g/mol. The summed E-state index contributed by atoms with van der Waals surface area (Å²) in [6.07, 6.45) is 6.45. The lowest BCUT2D eigenvalue weighted by molar-refractivity contribution is -0.152. The predicted molar refractivity (Wildman–Crippen MR) is 116 cm³/mol. The van der Waals surface area contributed by atoms with Crippen molar-refractivity contribution >= 4 is 33.5 Å². The molecule has 0 aromatic heterocycles. The van der Waals surface area contributed by atoms with Gasteiger partial charge in [-0.25, -0.2) is 4.79 Å². The van der Waals surface area contributed by atoms with E-state index in [1.165, 1.54) is 0 Å². The third-order valence-corrected chi connectivity index (χ3v) is 6.28. The highest BCUT2D eigenvalue weighted by atomic mass is 79.9. The van der Waals surface area contributed by atoms with Gasteiger partial charge in [0, 0.05) is 22.4 Å². The summed E-state index contributed by atoms with van der Waals surface area (Å²) < 4.78 is 11.9. The molecule has 0 saturated carbocycles. The molecule has 0 saturated heterocycles. The van der Waals surface area contributed by atoms with Gasteiger partial charge in [-0.1, -0.05) is 0 Å². The highest BCUT2D eigenvalue weighted by Crippen LogP contribution is 2.45. The number of nitrogens with one attached hydrogen (secondary N) is 1. The van der Waals surface area contributed by atoms with Crippen molar-refractivity contribution < 1.29 is 24.2 Å². The van der Waals surface area contributed by atoms with E-state index in [1.807, 2.05) is 6.07 Å². The number of esters is 1. The number of hydrogen-bond acceptors (Lipinski definition) is 5. The number of carbonyl (C=O) groups is 2. The lowest BCUT2D eigenvalue weighted by Gasteiger charge is -2.22. The lowest BCUT2D eigenvalue weighted by atomic mass is 9.90. The van der Waals surface area contributed by atoms with E-state index in [0.29, 0.717) is 15.9 Å². The third-order valence-electron chi connectivity index (χ3n) is 5.69. The molecule has 0 spiro atoms. The average molecular weight is 474 g/mol. The van der Waals surface area contributed by atoms with Crippen LogP contribution < -0.4 is 10.1 Å². The van der Waals surface area contributed by atoms with Gasteiger partial charge in [-0.15, -0.1) is 0 Å². The molecule has 0 heterocycles. The number of carbonyl (C=O) groups excluding carboxylic acids is 2. The molecule has 30 heavy (non-hydrogen) atoms. The fraction of sp³-hybridized carbons (Fsp3) is 0.391. The van der Waals surface area contributed by atoms with Crippen LogP contribution in [0.3, 0.4) is 0 Å². The normalized spacial score (nSPS) is 14.6. The van der Waals surface area contributed by atoms with E-state index < -0.39 is 11.9 Å². The van der Waals surface area contributed by atoms with Gasteiger partial charge >= 0.3 is 11.9 Å². The Bertz CT molecular complexity index is 1020. The van der Waals surface area contributed by atoms with Crippen molar-refractivity contribution in [2.45, 2.75) is 51.9 Å². The van der Waals surface area contributed by atoms with Gasteiger partial charge in [0.05, 0.1) is 11.1 Å². The summed E-state index contributed by atoms with van der Waals surface area (Å²) in [6, 6.07) is 5.30. The predicted octanol–water partition coefficient (Wildman–Crippen LogP) is 4.82. The largest absolute Gasteiger partial charge is 0.508 e. The number of aromatic hydroxyl groups is 1. The van der Waals surface area contributed by atoms with Gasteiger partial charge in [0.1, 0.15) is 17.2 Å². The quantitative estimate of drug-likeness (QED) is 0.491. The standard InChI is InChI=1S/C23H24BrNO5/c1-2-29-23(28)22(27)25-18-12-17(24)21(16-9-5-8-13(16)18)30-20-11-10-19(26)14-6-3-4-7-15(14)20/h10-12,26H,2-9H2,1H3,(H,25,27). The maximum Gasteiger partial charge on any atom is 0.397 e. The molecular weight excluding hydrogens is 450 g/mol. The number of phenolic OH excluding ortho intramolecular Hbond substituents is 1. The number of ether oxygens (including phenoxy) is 2. The molecule has 0 fully saturated rings. The molecule has 7 heteroatoms. The van der Waals surface area contributed by atoms with Crippen LogP contribution in [0.15, 0.2) is 22.7 Å². The van der Waals surface area contributed by atoms with Crippen LogP contribution in [-0.4, -0.2) is 23.6 Å². The Morgan fingerprint density at radius 3 is 2.50 bits per heavy atom. The van der Waals surface area contributed by atoms with E-state index in [-0.39, 0.29) is 6.61 Å². The van der Waals surface area contributed by atoms with Gasteiger partial charge in [0.25, 0.3) is 0 Å². The first-order chi connectivity index (χ1) is 14.5. The summed E-state index contributed by atoms with van der Waals surface area (Å²) >= 11 is 3.58. The van der Waals surface area contributed by atoms with Gasteiger partial charge in [0.15, 0.2) is 0 Å². The first kappa shape index (κ1) is 20.7. The molecule has 0 atom stereocenters. The molecule has 1 amide bonds. The van der Waals surface area contributed by atoms with Gasteiger partial charge in [-0.3, -0.25) is 4.79 Å². The summed E-state index contributed by atoms with van der Waals surface area (Å²) in [6.45, 7) is 1.81. The zero-order valence-electron chi connectivity index (χ0n) is 16.8. The molecule has 2 aromatic carbocycles. The van der Waals surface area contributed by atoms with Gasteiger partial charge in [-0.2, -0.15) is 0 Å². The minimum Gasteiger partial charge on any atom is -0.508 e. The number of hydrogen-bond donors (Lipinski definition) is 2. The number of benzene rings is 2. The number of rotatable bonds is 4. The second-order valence-electron chi connectivity index (χ2n) is 7.57. The zero-order chi connectivity index (χ0) is 21.3. The van der Waals surface area contributed by atoms with Gasteiger partial charge in [-0.05, 0) is 91.6 Å². The number of halogens is 1. The molecule has 4 rings (SSSR count). The Hall–Kier alpha value is -2.54. The second kappa shape index (κ2) is 8.68. The molecular formula is C23H24BrNO5. The second-order valence-corrected chi connectivity index (χ2v) is 8.42. The van der Waals surface area contributed by atoms with E-state index in [2.05, 4.69) is 21.2 Å². The highest BCUT2D eigenvalue weighted by Gasteiger charge is 2.27. The molecule has 2 aromatic rings. The van der Waals surface area contributed by atoms with Crippen LogP contribution in [0.25, 0.3) is 0 Å². The summed E-state index contributed by atoms with van der Waals surface area (Å²) in [4.78, 5) is 23.8. The molecule has 0 unspecified atom stereocenters. The lowest BCUT2D eigenvalue weighted by Crippen LogP contribution is -2.25. The Morgan fingerprint density at radius 1 is 1.03 bits per heavy atom. The number of amides is 1. The van der Waals surface area contributed by atoms with Crippen molar-refractivity contribution in [1.82, 2.24) is 0 Å². The van der Waals surface area contributed by atoms with Crippen LogP contribution in [0.2, 0.25) is 0 Å². The fourth-order valence-corrected chi connectivity index (χ4v) is 4.88. The van der Waals surface area contributed by atoms with Crippen LogP contribution in [0.1, 0.15) is 48.4 Å². The average Bonchev–Trinajstić information content (AvgIpc) is 3.23. The summed E-state index contributed by atoms with van der Waals surface area (Å²) in [5, 5.41) is 12.9. The molecule has 2 aliphatic rings. The number of anilines is 1. The minimum absolute atomic E-state index is 0.151. The smallest absolute Gasteiger partial charge is 0.397 e. The molecule has 0 aliphatic heterocycles. The number of fused-ring (bicyclic) bond motifs is 2. The first-order valence-corrected chi connectivity index (χ1v) is 11.1. The van der Waals surface area contributed by atoms with Crippen LogP contribution in [0, 0.1) is 0 Å². The zero-order valence-corrected chi connectivity index (χ0v) is 18.4. The van der Waals surface area contributed by atoms with E-state index in [9.17, 15) is 14.7 Å². The molecule has 6 nitrogen and oxygen atoms in total. The third kappa shape index (κ3) is 3.90. The van der Waals surface area contributed by atoms with Crippen LogP contribution in [-0.2, 0) is 40.0 Å². The molecule has 0 radical (unpaired) electrons. The van der Waals surface area contributed by atoms with Crippen molar-refractivity contribution in [2.75, 3.05) is 11.9 Å². The molecule has 2 aliphatic carbocycles. The van der Waals surface area contributed by atoms with Crippen LogP contribution in [0.4, 0.5) is 5.69 Å². The molecule has 2 N–H and O–H groups in total. The van der Waals surface area contributed by atoms with Crippen molar-refractivity contribution in [3.05, 3.63) is 44.9 Å². The van der Waals surface area contributed by atoms with E-state index in [0.717, 1.165) is 78.7 Å². The Morgan fingerprint density at radius 2 is 1.73 bits per heavy atom. The maximum absolute atomic E-state index is 12.1. The summed E-state index contributed by atoms with van der Waals surface area (Å²) in [5.41, 5.74) is 4.66. The Balaban J connectivity index is 1.67. The summed E-state index contributed by atoms with van der Waals surface area (Å²) in [5.74, 6) is 0.157. The van der Waals surface area contributed by atoms with Crippen molar-refractivity contribution in [2.24, 2.45) is 0 Å². The Kier molecular flexibility index (Phi) is 5.99. The van der Waals surface area contributed by atoms with Crippen molar-refractivity contribution in [3.63, 3.8) is 0 Å². The van der Waals surface area contributed by atoms with Gasteiger partial charge in [0.2, 0.25) is 0 Å². The van der Waals surface area contributed by atoms with Crippen LogP contribution >= 0.6 is 15.9 Å². The maximum atomic E-state index is 12.1. The summed E-state index contributed by atoms with van der Waals surface area (Å²) in [7, 11) is 0. The SMILES string of the molecule is CCOC(=O)C(=O)Nc1cc(Br)c(Oc2ccc(O)c3c2CCCC3)c2c1CCC2.